The van der Waals surface area contributed by atoms with Gasteiger partial charge in [-0.3, -0.25) is 9.59 Å². The molecule has 1 aliphatic heterocycles. The summed E-state index contributed by atoms with van der Waals surface area (Å²) in [6.07, 6.45) is 1.57. The fourth-order valence-corrected chi connectivity index (χ4v) is 10.2. The minimum atomic E-state index is -0.326. The van der Waals surface area contributed by atoms with E-state index in [4.69, 9.17) is 9.84 Å². The van der Waals surface area contributed by atoms with Gasteiger partial charge in [0.25, 0.3) is 0 Å². The molecule has 0 radical (unpaired) electrons. The minimum absolute atomic E-state index is 0.102. The molecule has 0 saturated heterocycles. The van der Waals surface area contributed by atoms with E-state index >= 15 is 0 Å². The Morgan fingerprint density at radius 2 is 1.17 bits per heavy atom. The Morgan fingerprint density at radius 3 is 1.66 bits per heavy atom. The molecule has 58 heavy (non-hydrogen) atoms. The predicted molar refractivity (Wildman–Crippen MR) is 229 cm³/mol. The molecule has 0 bridgehead atoms. The van der Waals surface area contributed by atoms with Gasteiger partial charge in [-0.2, -0.15) is 0 Å². The van der Waals surface area contributed by atoms with Crippen LogP contribution in [-0.2, 0) is 27.4 Å². The highest BCUT2D eigenvalue weighted by Gasteiger charge is 2.35. The van der Waals surface area contributed by atoms with E-state index in [0.29, 0.717) is 34.8 Å². The van der Waals surface area contributed by atoms with Crippen LogP contribution in [0.2, 0.25) is 0 Å². The van der Waals surface area contributed by atoms with Gasteiger partial charge in [0.2, 0.25) is 17.6 Å². The lowest BCUT2D eigenvalue weighted by molar-refractivity contribution is -0.119. The van der Waals surface area contributed by atoms with E-state index in [1.165, 1.54) is 29.1 Å². The molecule has 2 N–H and O–H groups in total. The number of fused-ring (bicyclic) bond motifs is 8. The lowest BCUT2D eigenvalue weighted by atomic mass is 9.90. The average Bonchev–Trinajstić information content (AvgIpc) is 3.99. The summed E-state index contributed by atoms with van der Waals surface area (Å²) in [4.78, 5) is 29.5. The van der Waals surface area contributed by atoms with Gasteiger partial charge in [0, 0.05) is 11.3 Å². The molecule has 1 unspecified atom stereocenters. The summed E-state index contributed by atoms with van der Waals surface area (Å²) in [7, 11) is 0. The van der Waals surface area contributed by atoms with E-state index < -0.39 is 0 Å². The summed E-state index contributed by atoms with van der Waals surface area (Å²) in [5, 5.41) is 27.2. The fourth-order valence-electron chi connectivity index (χ4n) is 7.43. The van der Waals surface area contributed by atoms with Gasteiger partial charge in [0.05, 0.1) is 41.2 Å². The molecule has 11 nitrogen and oxygen atoms in total. The second-order valence-electron chi connectivity index (χ2n) is 14.4. The number of aromatic nitrogens is 6. The first-order valence-electron chi connectivity index (χ1n) is 19.1. The molecule has 0 fully saturated rings. The van der Waals surface area contributed by atoms with Crippen molar-refractivity contribution in [3.8, 4) is 0 Å². The molecule has 0 saturated carbocycles. The highest BCUT2D eigenvalue weighted by Crippen LogP contribution is 2.43. The molecule has 9 rings (SSSR count). The molecule has 4 aromatic carbocycles. The van der Waals surface area contributed by atoms with Crippen molar-refractivity contribution in [1.82, 2.24) is 39.8 Å². The second-order valence-corrected chi connectivity index (χ2v) is 17.4. The molecule has 1 aliphatic rings. The van der Waals surface area contributed by atoms with Gasteiger partial charge in [0.15, 0.2) is 16.0 Å². The van der Waals surface area contributed by atoms with Crippen LogP contribution in [0.5, 0.6) is 0 Å². The van der Waals surface area contributed by atoms with Crippen LogP contribution < -0.4 is 10.6 Å². The lowest BCUT2D eigenvalue weighted by Crippen LogP contribution is -2.33. The number of hydrogen-bond donors (Lipinski definition) is 2. The Hall–Kier alpha value is -5.54. The number of carbonyl (C=O) groups excluding carboxylic acids is 2. The lowest BCUT2D eigenvalue weighted by Gasteiger charge is -2.32. The summed E-state index contributed by atoms with van der Waals surface area (Å²) >= 11 is 4.26. The summed E-state index contributed by atoms with van der Waals surface area (Å²) in [5.74, 6) is 0.449. The third kappa shape index (κ3) is 7.48. The van der Waals surface area contributed by atoms with E-state index in [1.54, 1.807) is 11.3 Å². The topological polar surface area (TPSA) is 128 Å². The number of nitrogens with one attached hydrogen (secondary N) is 2. The van der Waals surface area contributed by atoms with E-state index in [9.17, 15) is 9.59 Å². The minimum Gasteiger partial charge on any atom is -0.369 e. The zero-order valence-electron chi connectivity index (χ0n) is 31.9. The number of ether oxygens (including phenoxy) is 1. The van der Waals surface area contributed by atoms with Gasteiger partial charge < -0.3 is 15.4 Å². The Balaban J connectivity index is 1.04. The summed E-state index contributed by atoms with van der Waals surface area (Å²) in [6.45, 7) is 4.78. The molecule has 8 aromatic rings. The van der Waals surface area contributed by atoms with Gasteiger partial charge >= 0.3 is 0 Å². The van der Waals surface area contributed by atoms with Gasteiger partial charge in [0.1, 0.15) is 4.83 Å². The van der Waals surface area contributed by atoms with Gasteiger partial charge in [-0.1, -0.05) is 152 Å². The van der Waals surface area contributed by atoms with Crippen molar-refractivity contribution in [1.29, 1.82) is 0 Å². The standard InChI is InChI=1S/C44H40N8O3S3/c1-3-44(2)24-32-33(25-55-44)58-40-36(32)39-47-49-42(56-26-34(53)45-37(28-16-8-4-9-17-28)29-18-10-5-11-19-29)51(39)41-48-50-43(52(40)41)57-27-35(54)46-38(30-20-12-6-13-21-30)31-22-14-7-15-23-31/h4-23,37-38H,3,24-27H2,1-2H3,(H,45,53)(H,46,54). The Kier molecular flexibility index (Phi) is 10.7. The third-order valence-electron chi connectivity index (χ3n) is 10.6. The number of thioether (sulfide) groups is 2. The molecule has 2 amide bonds. The molecule has 292 valence electrons. The van der Waals surface area contributed by atoms with Crippen molar-refractivity contribution in [2.45, 2.75) is 61.3 Å². The fraction of sp³-hybridized carbons (Fsp3) is 0.227. The zero-order chi connectivity index (χ0) is 39.6. The maximum Gasteiger partial charge on any atom is 0.245 e. The first-order chi connectivity index (χ1) is 28.4. The van der Waals surface area contributed by atoms with Crippen molar-refractivity contribution in [2.24, 2.45) is 0 Å². The number of carbonyl (C=O) groups is 2. The Labute approximate surface area is 347 Å². The molecular weight excluding hydrogens is 785 g/mol. The predicted octanol–water partition coefficient (Wildman–Crippen LogP) is 8.22. The normalized spacial score (nSPS) is 15.4. The zero-order valence-corrected chi connectivity index (χ0v) is 34.3. The van der Waals surface area contributed by atoms with Crippen LogP contribution in [-0.4, -0.2) is 58.1 Å². The molecule has 14 heteroatoms. The second kappa shape index (κ2) is 16.4. The Morgan fingerprint density at radius 1 is 0.707 bits per heavy atom. The van der Waals surface area contributed by atoms with Gasteiger partial charge in [-0.05, 0) is 41.2 Å². The third-order valence-corrected chi connectivity index (χ3v) is 13.7. The van der Waals surface area contributed by atoms with Crippen molar-refractivity contribution < 1.29 is 14.3 Å². The van der Waals surface area contributed by atoms with Crippen LogP contribution in [0.15, 0.2) is 132 Å². The Bertz CT molecular complexity index is 2650. The van der Waals surface area contributed by atoms with Gasteiger partial charge in [-0.15, -0.1) is 31.7 Å². The molecule has 0 spiro atoms. The molecule has 0 aliphatic carbocycles. The molecule has 1 atom stereocenters. The first-order valence-corrected chi connectivity index (χ1v) is 21.9. The van der Waals surface area contributed by atoms with Gasteiger partial charge in [-0.25, -0.2) is 8.80 Å². The van der Waals surface area contributed by atoms with Crippen molar-refractivity contribution in [3.63, 3.8) is 0 Å². The molecular formula is C44H40N8O3S3. The molecule has 5 heterocycles. The number of hydrogen-bond acceptors (Lipinski definition) is 10. The van der Waals surface area contributed by atoms with Crippen molar-refractivity contribution in [3.05, 3.63) is 154 Å². The van der Waals surface area contributed by atoms with Crippen LogP contribution in [0.25, 0.3) is 21.6 Å². The largest absolute Gasteiger partial charge is 0.369 e. The summed E-state index contributed by atoms with van der Waals surface area (Å²) in [6, 6.07) is 39.2. The number of benzene rings is 4. The highest BCUT2D eigenvalue weighted by molar-refractivity contribution is 8.00. The van der Waals surface area contributed by atoms with E-state index in [1.807, 2.05) is 130 Å². The summed E-state index contributed by atoms with van der Waals surface area (Å²) < 4.78 is 10.3. The van der Waals surface area contributed by atoms with Crippen molar-refractivity contribution >= 4 is 68.3 Å². The number of thiophene rings is 1. The summed E-state index contributed by atoms with van der Waals surface area (Å²) in [5.41, 5.74) is 5.49. The highest BCUT2D eigenvalue weighted by atomic mass is 32.2. The van der Waals surface area contributed by atoms with Crippen LogP contribution in [0, 0.1) is 0 Å². The monoisotopic (exact) mass is 824 g/mol. The van der Waals surface area contributed by atoms with Crippen molar-refractivity contribution in [2.75, 3.05) is 11.5 Å². The van der Waals surface area contributed by atoms with Crippen LogP contribution >= 0.6 is 34.9 Å². The maximum absolute atomic E-state index is 13.7. The maximum atomic E-state index is 13.7. The first kappa shape index (κ1) is 38.0. The quantitative estimate of drug-likeness (QED) is 0.111. The van der Waals surface area contributed by atoms with E-state index in [0.717, 1.165) is 43.8 Å². The van der Waals surface area contributed by atoms with Crippen LogP contribution in [0.1, 0.15) is 65.0 Å². The van der Waals surface area contributed by atoms with Crippen LogP contribution in [0.4, 0.5) is 0 Å². The van der Waals surface area contributed by atoms with E-state index in [-0.39, 0.29) is 41.0 Å². The number of rotatable bonds is 13. The number of amides is 2. The van der Waals surface area contributed by atoms with E-state index in [2.05, 4.69) is 39.8 Å². The SMILES string of the molecule is CCC1(C)Cc2c(sc3c2c2nnc(SCC(=O)NC(c4ccccc4)c4ccccc4)n2c2nnc(SCC(=O)NC(c4ccccc4)c4ccccc4)n32)CO1. The molecule has 4 aromatic heterocycles. The number of nitrogens with zero attached hydrogens (tertiary/aromatic N) is 6. The van der Waals surface area contributed by atoms with Crippen LogP contribution in [0.3, 0.4) is 0 Å². The average molecular weight is 825 g/mol. The smallest absolute Gasteiger partial charge is 0.245 e.